The molecule has 0 aliphatic rings. The molecule has 0 amide bonds. The molecule has 1 aromatic rings. The third-order valence-corrected chi connectivity index (χ3v) is 3.11. The van der Waals surface area contributed by atoms with Crippen molar-refractivity contribution in [2.45, 2.75) is 20.0 Å². The number of aliphatic hydroxyl groups is 1. The lowest BCUT2D eigenvalue weighted by molar-refractivity contribution is 0.190. The van der Waals surface area contributed by atoms with Crippen LogP contribution < -0.4 is 4.90 Å². The van der Waals surface area contributed by atoms with Gasteiger partial charge in [-0.05, 0) is 13.3 Å². The molecule has 0 aliphatic heterocycles. The molecule has 1 aromatic heterocycles. The van der Waals surface area contributed by atoms with Crippen LogP contribution in [0.5, 0.6) is 0 Å². The van der Waals surface area contributed by atoms with Gasteiger partial charge in [0, 0.05) is 46.5 Å². The lowest BCUT2D eigenvalue weighted by atomic mass is 10.2. The van der Waals surface area contributed by atoms with Gasteiger partial charge >= 0.3 is 0 Å². The van der Waals surface area contributed by atoms with E-state index >= 15 is 0 Å². The number of aryl methyl sites for hydroxylation is 2. The second-order valence-electron chi connectivity index (χ2n) is 4.50. The number of hydrogen-bond acceptors (Lipinski definition) is 5. The highest BCUT2D eigenvalue weighted by molar-refractivity contribution is 5.49. The van der Waals surface area contributed by atoms with Crippen LogP contribution in [-0.4, -0.2) is 55.4 Å². The van der Waals surface area contributed by atoms with Crippen LogP contribution in [0, 0.1) is 6.92 Å². The first kappa shape index (κ1) is 15.9. The van der Waals surface area contributed by atoms with Crippen LogP contribution in [0.2, 0.25) is 0 Å². The maximum absolute atomic E-state index is 9.52. The minimum absolute atomic E-state index is 0.00274. The minimum atomic E-state index is 0.00274. The predicted molar refractivity (Wildman–Crippen MR) is 74.4 cm³/mol. The van der Waals surface area contributed by atoms with Crippen LogP contribution in [0.25, 0.3) is 0 Å². The molecule has 0 aromatic carbocycles. The Balaban J connectivity index is 2.88. The fourth-order valence-electron chi connectivity index (χ4n) is 2.20. The van der Waals surface area contributed by atoms with E-state index in [-0.39, 0.29) is 6.61 Å². The predicted octanol–water partition coefficient (Wildman–Crippen LogP) is 0.710. The summed E-state index contributed by atoms with van der Waals surface area (Å²) < 4.78 is 12.1. The lowest BCUT2D eigenvalue weighted by Gasteiger charge is -2.25. The first-order valence-corrected chi connectivity index (χ1v) is 6.51. The molecule has 0 saturated carbocycles. The van der Waals surface area contributed by atoms with Crippen molar-refractivity contribution in [3.63, 3.8) is 0 Å². The fraction of sp³-hybridized carbons (Fsp3) is 0.769. The van der Waals surface area contributed by atoms with Crippen LogP contribution in [0.15, 0.2) is 0 Å². The Kier molecular flexibility index (Phi) is 6.83. The molecule has 1 N–H and O–H groups in total. The Morgan fingerprint density at radius 1 is 1.21 bits per heavy atom. The van der Waals surface area contributed by atoms with Crippen molar-refractivity contribution in [1.29, 1.82) is 0 Å². The SMILES string of the molecule is COCCCN(CCOC)c1c(CO)c(C)nn1C. The molecule has 0 bridgehead atoms. The number of aliphatic hydroxyl groups excluding tert-OH is 1. The summed E-state index contributed by atoms with van der Waals surface area (Å²) in [6.07, 6.45) is 0.926. The van der Waals surface area contributed by atoms with Crippen LogP contribution >= 0.6 is 0 Å². The summed E-state index contributed by atoms with van der Waals surface area (Å²) >= 11 is 0. The van der Waals surface area contributed by atoms with Crippen molar-refractivity contribution < 1.29 is 14.6 Å². The maximum atomic E-state index is 9.52. The molecular weight excluding hydrogens is 246 g/mol. The molecule has 1 rings (SSSR count). The fourth-order valence-corrected chi connectivity index (χ4v) is 2.20. The first-order chi connectivity index (χ1) is 9.15. The van der Waals surface area contributed by atoms with Gasteiger partial charge in [-0.3, -0.25) is 4.68 Å². The quantitative estimate of drug-likeness (QED) is 0.670. The normalized spacial score (nSPS) is 11.0. The number of rotatable bonds is 9. The summed E-state index contributed by atoms with van der Waals surface area (Å²) in [5.74, 6) is 0.966. The molecule has 19 heavy (non-hydrogen) atoms. The maximum Gasteiger partial charge on any atom is 0.132 e. The summed E-state index contributed by atoms with van der Waals surface area (Å²) in [5.41, 5.74) is 1.75. The molecule has 0 radical (unpaired) electrons. The van der Waals surface area contributed by atoms with Crippen molar-refractivity contribution in [1.82, 2.24) is 9.78 Å². The van der Waals surface area contributed by atoms with E-state index in [9.17, 15) is 5.11 Å². The zero-order chi connectivity index (χ0) is 14.3. The number of aromatic nitrogens is 2. The van der Waals surface area contributed by atoms with Gasteiger partial charge in [0.2, 0.25) is 0 Å². The largest absolute Gasteiger partial charge is 0.391 e. The van der Waals surface area contributed by atoms with Gasteiger partial charge in [-0.2, -0.15) is 5.10 Å². The molecule has 1 heterocycles. The molecular formula is C13H25N3O3. The zero-order valence-corrected chi connectivity index (χ0v) is 12.3. The summed E-state index contributed by atoms with van der Waals surface area (Å²) in [5, 5.41) is 13.9. The van der Waals surface area contributed by atoms with Crippen molar-refractivity contribution in [3.05, 3.63) is 11.3 Å². The van der Waals surface area contributed by atoms with Crippen LogP contribution in [0.3, 0.4) is 0 Å². The Bertz CT molecular complexity index is 379. The van der Waals surface area contributed by atoms with Gasteiger partial charge < -0.3 is 19.5 Å². The monoisotopic (exact) mass is 271 g/mol. The average Bonchev–Trinajstić information content (AvgIpc) is 2.68. The van der Waals surface area contributed by atoms with Gasteiger partial charge in [-0.25, -0.2) is 0 Å². The molecule has 6 nitrogen and oxygen atoms in total. The second kappa shape index (κ2) is 8.14. The van der Waals surface area contributed by atoms with E-state index in [1.165, 1.54) is 0 Å². The number of methoxy groups -OCH3 is 2. The van der Waals surface area contributed by atoms with Crippen LogP contribution in [0.4, 0.5) is 5.82 Å². The standard InChI is InChI=1S/C13H25N3O3/c1-11-12(10-17)13(15(2)14-11)16(7-9-19-4)6-5-8-18-3/h17H,5-10H2,1-4H3. The molecule has 0 fully saturated rings. The highest BCUT2D eigenvalue weighted by Gasteiger charge is 2.18. The molecule has 6 heteroatoms. The topological polar surface area (TPSA) is 59.8 Å². The number of hydrogen-bond donors (Lipinski definition) is 1. The number of anilines is 1. The Hall–Kier alpha value is -1.11. The first-order valence-electron chi connectivity index (χ1n) is 6.51. The second-order valence-corrected chi connectivity index (χ2v) is 4.50. The summed E-state index contributed by atoms with van der Waals surface area (Å²) in [7, 11) is 5.29. The lowest BCUT2D eigenvalue weighted by Crippen LogP contribution is -2.31. The van der Waals surface area contributed by atoms with Crippen LogP contribution in [0.1, 0.15) is 17.7 Å². The summed E-state index contributed by atoms with van der Waals surface area (Å²) in [6, 6.07) is 0. The van der Waals surface area contributed by atoms with E-state index in [1.54, 1.807) is 14.2 Å². The molecule has 0 unspecified atom stereocenters. The minimum Gasteiger partial charge on any atom is -0.391 e. The third kappa shape index (κ3) is 4.19. The van der Waals surface area contributed by atoms with Gasteiger partial charge in [-0.1, -0.05) is 0 Å². The van der Waals surface area contributed by atoms with E-state index in [1.807, 2.05) is 18.7 Å². The van der Waals surface area contributed by atoms with E-state index in [4.69, 9.17) is 9.47 Å². The third-order valence-electron chi connectivity index (χ3n) is 3.11. The smallest absolute Gasteiger partial charge is 0.132 e. The number of ether oxygens (including phenoxy) is 2. The van der Waals surface area contributed by atoms with Gasteiger partial charge in [0.15, 0.2) is 0 Å². The zero-order valence-electron chi connectivity index (χ0n) is 12.3. The molecule has 0 spiro atoms. The highest BCUT2D eigenvalue weighted by Crippen LogP contribution is 2.23. The molecule has 0 saturated heterocycles. The Labute approximate surface area is 114 Å². The van der Waals surface area contributed by atoms with Gasteiger partial charge in [0.25, 0.3) is 0 Å². The summed E-state index contributed by atoms with van der Waals surface area (Å²) in [4.78, 5) is 2.19. The van der Waals surface area contributed by atoms with E-state index in [0.29, 0.717) is 6.61 Å². The van der Waals surface area contributed by atoms with Gasteiger partial charge in [0.1, 0.15) is 5.82 Å². The molecule has 0 aliphatic carbocycles. The van der Waals surface area contributed by atoms with Crippen molar-refractivity contribution in [2.75, 3.05) is 45.4 Å². The Morgan fingerprint density at radius 2 is 1.89 bits per heavy atom. The van der Waals surface area contributed by atoms with Gasteiger partial charge in [-0.15, -0.1) is 0 Å². The Morgan fingerprint density at radius 3 is 2.47 bits per heavy atom. The van der Waals surface area contributed by atoms with E-state index in [2.05, 4.69) is 10.00 Å². The van der Waals surface area contributed by atoms with Crippen LogP contribution in [-0.2, 0) is 23.1 Å². The van der Waals surface area contributed by atoms with Crippen molar-refractivity contribution in [2.24, 2.45) is 7.05 Å². The number of nitrogens with zero attached hydrogens (tertiary/aromatic N) is 3. The molecule has 0 atom stereocenters. The van der Waals surface area contributed by atoms with Crippen molar-refractivity contribution >= 4 is 5.82 Å². The summed E-state index contributed by atoms with van der Waals surface area (Å²) in [6.45, 7) is 4.90. The highest BCUT2D eigenvalue weighted by atomic mass is 16.5. The molecule has 110 valence electrons. The van der Waals surface area contributed by atoms with Crippen molar-refractivity contribution in [3.8, 4) is 0 Å². The van der Waals surface area contributed by atoms with E-state index < -0.39 is 0 Å². The van der Waals surface area contributed by atoms with Gasteiger partial charge in [0.05, 0.1) is 18.9 Å². The average molecular weight is 271 g/mol. The van der Waals surface area contributed by atoms with E-state index in [0.717, 1.165) is 43.2 Å².